The number of piperazine rings is 1. The Bertz CT molecular complexity index is 987. The van der Waals surface area contributed by atoms with Gasteiger partial charge in [-0.3, -0.25) is 9.89 Å². The van der Waals surface area contributed by atoms with Crippen LogP contribution in [0.4, 0.5) is 11.5 Å². The number of hydrogen-bond acceptors (Lipinski definition) is 5. The minimum Gasteiger partial charge on any atom is -0.497 e. The van der Waals surface area contributed by atoms with Crippen LogP contribution >= 0.6 is 0 Å². The van der Waals surface area contributed by atoms with Gasteiger partial charge in [-0.05, 0) is 54.1 Å². The molecule has 4 rings (SSSR count). The molecule has 0 saturated carbocycles. The molecule has 0 spiro atoms. The van der Waals surface area contributed by atoms with E-state index in [1.807, 2.05) is 72.4 Å². The highest BCUT2D eigenvalue weighted by Gasteiger charge is 2.23. The molecule has 1 aliphatic rings. The first-order valence-electron chi connectivity index (χ1n) is 10.1. The topological polar surface area (TPSA) is 64.7 Å². The third-order valence-corrected chi connectivity index (χ3v) is 5.49. The highest BCUT2D eigenvalue weighted by molar-refractivity contribution is 5.94. The van der Waals surface area contributed by atoms with Crippen molar-refractivity contribution in [1.82, 2.24) is 15.1 Å². The third-order valence-electron chi connectivity index (χ3n) is 5.49. The summed E-state index contributed by atoms with van der Waals surface area (Å²) < 4.78 is 5.21. The van der Waals surface area contributed by atoms with Crippen LogP contribution in [0.3, 0.4) is 0 Å². The van der Waals surface area contributed by atoms with Crippen LogP contribution in [-0.4, -0.2) is 68.4 Å². The van der Waals surface area contributed by atoms with E-state index >= 15 is 0 Å². The Labute approximate surface area is 176 Å². The molecule has 0 radical (unpaired) electrons. The summed E-state index contributed by atoms with van der Waals surface area (Å²) in [5, 5.41) is 7.59. The lowest BCUT2D eigenvalue weighted by atomic mass is 10.1. The van der Waals surface area contributed by atoms with Crippen LogP contribution in [0.25, 0.3) is 11.3 Å². The van der Waals surface area contributed by atoms with E-state index in [1.54, 1.807) is 7.11 Å². The quantitative estimate of drug-likeness (QED) is 0.707. The number of methoxy groups -OCH3 is 1. The number of carbonyl (C=O) groups excluding carboxylic acids is 1. The molecule has 2 aromatic carbocycles. The van der Waals surface area contributed by atoms with Crippen LogP contribution in [0.5, 0.6) is 5.75 Å². The summed E-state index contributed by atoms with van der Waals surface area (Å²) >= 11 is 0. The SMILES string of the molecule is COc1ccc(-c2cc(N3CCN(C(=O)c4ccc(N(C)C)cc4)CC3)n[nH]2)cc1. The van der Waals surface area contributed by atoms with E-state index < -0.39 is 0 Å². The highest BCUT2D eigenvalue weighted by atomic mass is 16.5. The van der Waals surface area contributed by atoms with E-state index in [1.165, 1.54) is 0 Å². The third kappa shape index (κ3) is 4.10. The van der Waals surface area contributed by atoms with Crippen molar-refractivity contribution in [3.63, 3.8) is 0 Å². The van der Waals surface area contributed by atoms with E-state index in [4.69, 9.17) is 4.74 Å². The molecule has 1 N–H and O–H groups in total. The van der Waals surface area contributed by atoms with Gasteiger partial charge in [-0.25, -0.2) is 0 Å². The summed E-state index contributed by atoms with van der Waals surface area (Å²) in [6.45, 7) is 2.88. The molecule has 2 heterocycles. The molecule has 0 unspecified atom stereocenters. The summed E-state index contributed by atoms with van der Waals surface area (Å²) in [6, 6.07) is 17.7. The minimum atomic E-state index is 0.0842. The number of aromatic nitrogens is 2. The van der Waals surface area contributed by atoms with Crippen LogP contribution in [0.15, 0.2) is 54.6 Å². The molecule has 0 aliphatic carbocycles. The fraction of sp³-hybridized carbons (Fsp3) is 0.304. The number of hydrogen-bond donors (Lipinski definition) is 1. The lowest BCUT2D eigenvalue weighted by Crippen LogP contribution is -2.48. The fourth-order valence-corrected chi connectivity index (χ4v) is 3.61. The standard InChI is InChI=1S/C23H27N5O2/c1-26(2)19-8-4-18(5-9-19)23(29)28-14-12-27(13-15-28)22-16-21(24-25-22)17-6-10-20(30-3)11-7-17/h4-11,16H,12-15H2,1-3H3,(H,24,25). The largest absolute Gasteiger partial charge is 0.497 e. The number of aromatic amines is 1. The number of amides is 1. The van der Waals surface area contributed by atoms with E-state index in [0.717, 1.165) is 47.2 Å². The zero-order valence-electron chi connectivity index (χ0n) is 17.6. The molecule has 0 bridgehead atoms. The van der Waals surface area contributed by atoms with Crippen LogP contribution in [0.2, 0.25) is 0 Å². The predicted molar refractivity (Wildman–Crippen MR) is 119 cm³/mol. The fourth-order valence-electron chi connectivity index (χ4n) is 3.61. The average Bonchev–Trinajstić information content (AvgIpc) is 3.29. The van der Waals surface area contributed by atoms with Crippen molar-refractivity contribution in [3.05, 3.63) is 60.2 Å². The minimum absolute atomic E-state index is 0.0842. The summed E-state index contributed by atoms with van der Waals surface area (Å²) in [5.74, 6) is 1.82. The smallest absolute Gasteiger partial charge is 0.253 e. The second-order valence-corrected chi connectivity index (χ2v) is 7.59. The Morgan fingerprint density at radius 2 is 1.67 bits per heavy atom. The average molecular weight is 406 g/mol. The highest BCUT2D eigenvalue weighted by Crippen LogP contribution is 2.25. The van der Waals surface area contributed by atoms with Crippen molar-refractivity contribution < 1.29 is 9.53 Å². The first-order valence-corrected chi connectivity index (χ1v) is 10.1. The molecule has 0 atom stereocenters. The molecule has 7 nitrogen and oxygen atoms in total. The molecule has 1 aromatic heterocycles. The van der Waals surface area contributed by atoms with Crippen LogP contribution in [-0.2, 0) is 0 Å². The monoisotopic (exact) mass is 405 g/mol. The van der Waals surface area contributed by atoms with Gasteiger partial charge in [0.2, 0.25) is 0 Å². The molecule has 1 saturated heterocycles. The van der Waals surface area contributed by atoms with Crippen molar-refractivity contribution >= 4 is 17.4 Å². The Morgan fingerprint density at radius 3 is 2.27 bits per heavy atom. The maximum absolute atomic E-state index is 12.8. The van der Waals surface area contributed by atoms with Gasteiger partial charge in [-0.15, -0.1) is 0 Å². The molecule has 30 heavy (non-hydrogen) atoms. The molecule has 1 fully saturated rings. The number of H-pyrrole nitrogens is 1. The van der Waals surface area contributed by atoms with Gasteiger partial charge in [0.1, 0.15) is 5.75 Å². The number of benzene rings is 2. The Balaban J connectivity index is 1.37. The van der Waals surface area contributed by atoms with Gasteiger partial charge >= 0.3 is 0 Å². The molecule has 3 aromatic rings. The summed E-state index contributed by atoms with van der Waals surface area (Å²) in [6.07, 6.45) is 0. The van der Waals surface area contributed by atoms with Gasteiger partial charge in [0, 0.05) is 57.6 Å². The maximum Gasteiger partial charge on any atom is 0.253 e. The van der Waals surface area contributed by atoms with Crippen molar-refractivity contribution in [2.45, 2.75) is 0 Å². The van der Waals surface area contributed by atoms with E-state index in [-0.39, 0.29) is 5.91 Å². The lowest BCUT2D eigenvalue weighted by Gasteiger charge is -2.34. The molecular formula is C23H27N5O2. The zero-order chi connectivity index (χ0) is 21.1. The van der Waals surface area contributed by atoms with Crippen LogP contribution < -0.4 is 14.5 Å². The number of carbonyl (C=O) groups is 1. The maximum atomic E-state index is 12.8. The summed E-state index contributed by atoms with van der Waals surface area (Å²) in [5.41, 5.74) is 3.84. The Kier molecular flexibility index (Phi) is 5.61. The Hall–Kier alpha value is -3.48. The summed E-state index contributed by atoms with van der Waals surface area (Å²) in [4.78, 5) is 19.0. The van der Waals surface area contributed by atoms with Crippen molar-refractivity contribution in [1.29, 1.82) is 0 Å². The predicted octanol–water partition coefficient (Wildman–Crippen LogP) is 3.11. The van der Waals surface area contributed by atoms with Crippen molar-refractivity contribution in [2.75, 3.05) is 57.2 Å². The van der Waals surface area contributed by atoms with Gasteiger partial charge in [-0.1, -0.05) is 0 Å². The first-order chi connectivity index (χ1) is 14.5. The van der Waals surface area contributed by atoms with Crippen LogP contribution in [0, 0.1) is 0 Å². The van der Waals surface area contributed by atoms with E-state index in [9.17, 15) is 4.79 Å². The second-order valence-electron chi connectivity index (χ2n) is 7.59. The number of anilines is 2. The van der Waals surface area contributed by atoms with Crippen molar-refractivity contribution in [2.24, 2.45) is 0 Å². The number of nitrogens with one attached hydrogen (secondary N) is 1. The number of ether oxygens (including phenoxy) is 1. The van der Waals surface area contributed by atoms with Gasteiger partial charge in [0.15, 0.2) is 5.82 Å². The van der Waals surface area contributed by atoms with Gasteiger partial charge < -0.3 is 19.4 Å². The first kappa shape index (κ1) is 19.8. The molecule has 1 amide bonds. The molecule has 1 aliphatic heterocycles. The lowest BCUT2D eigenvalue weighted by molar-refractivity contribution is 0.0746. The van der Waals surface area contributed by atoms with Gasteiger partial charge in [-0.2, -0.15) is 5.10 Å². The van der Waals surface area contributed by atoms with Gasteiger partial charge in [0.25, 0.3) is 5.91 Å². The zero-order valence-corrected chi connectivity index (χ0v) is 17.6. The molecular weight excluding hydrogens is 378 g/mol. The Morgan fingerprint density at radius 1 is 1.00 bits per heavy atom. The summed E-state index contributed by atoms with van der Waals surface area (Å²) in [7, 11) is 5.64. The van der Waals surface area contributed by atoms with Crippen LogP contribution in [0.1, 0.15) is 10.4 Å². The van der Waals surface area contributed by atoms with Gasteiger partial charge in [0.05, 0.1) is 12.8 Å². The molecule has 7 heteroatoms. The van der Waals surface area contributed by atoms with E-state index in [2.05, 4.69) is 21.2 Å². The number of rotatable bonds is 5. The number of nitrogens with zero attached hydrogens (tertiary/aromatic N) is 4. The molecule has 156 valence electrons. The van der Waals surface area contributed by atoms with Crippen molar-refractivity contribution in [3.8, 4) is 17.0 Å². The van der Waals surface area contributed by atoms with E-state index in [0.29, 0.717) is 13.1 Å². The second kappa shape index (κ2) is 8.49. The normalized spacial score (nSPS) is 14.0.